The van der Waals surface area contributed by atoms with E-state index >= 15 is 0 Å². The number of nitriles is 1. The molecule has 0 spiro atoms. The van der Waals surface area contributed by atoms with Crippen LogP contribution in [0, 0.1) is 18.3 Å². The van der Waals surface area contributed by atoms with Gasteiger partial charge in [0.05, 0.1) is 18.1 Å². The molecule has 0 unspecified atom stereocenters. The standard InChI is InChI=1S/C34H27NO2/c1-25-10-9-15-33(32(25)24-35)37-31-22-18-29(19-23-31)34(26-11-5-3-6-12-26,27-13-7-4-8-14-27)28-16-20-30(36-2)21-17-28/h3-23H,1-2H3. The zero-order valence-electron chi connectivity index (χ0n) is 20.9. The first-order valence-corrected chi connectivity index (χ1v) is 12.2. The average molecular weight is 482 g/mol. The van der Waals surface area contributed by atoms with Gasteiger partial charge in [-0.25, -0.2) is 0 Å². The fourth-order valence-corrected chi connectivity index (χ4v) is 4.99. The second kappa shape index (κ2) is 10.4. The van der Waals surface area contributed by atoms with Gasteiger partial charge in [0, 0.05) is 0 Å². The van der Waals surface area contributed by atoms with Crippen LogP contribution in [0.25, 0.3) is 0 Å². The van der Waals surface area contributed by atoms with E-state index in [1.165, 1.54) is 0 Å². The minimum absolute atomic E-state index is 0.549. The summed E-state index contributed by atoms with van der Waals surface area (Å²) >= 11 is 0. The summed E-state index contributed by atoms with van der Waals surface area (Å²) in [6.45, 7) is 1.91. The van der Waals surface area contributed by atoms with Crippen molar-refractivity contribution >= 4 is 0 Å². The Balaban J connectivity index is 1.68. The van der Waals surface area contributed by atoms with Gasteiger partial charge in [-0.3, -0.25) is 0 Å². The molecule has 5 rings (SSSR count). The molecule has 0 radical (unpaired) electrons. The third-order valence-corrected chi connectivity index (χ3v) is 6.80. The zero-order chi connectivity index (χ0) is 25.7. The lowest BCUT2D eigenvalue weighted by Crippen LogP contribution is -2.30. The van der Waals surface area contributed by atoms with E-state index in [0.29, 0.717) is 17.1 Å². The minimum Gasteiger partial charge on any atom is -0.497 e. The van der Waals surface area contributed by atoms with Gasteiger partial charge in [0.15, 0.2) is 0 Å². The van der Waals surface area contributed by atoms with Crippen LogP contribution in [0.2, 0.25) is 0 Å². The van der Waals surface area contributed by atoms with Gasteiger partial charge < -0.3 is 9.47 Å². The molecule has 0 aromatic heterocycles. The normalized spacial score (nSPS) is 10.9. The lowest BCUT2D eigenvalue weighted by molar-refractivity contribution is 0.414. The van der Waals surface area contributed by atoms with Crippen LogP contribution in [0.1, 0.15) is 33.4 Å². The van der Waals surface area contributed by atoms with Gasteiger partial charge >= 0.3 is 0 Å². The Bertz CT molecular complexity index is 1480. The summed E-state index contributed by atoms with van der Waals surface area (Å²) in [6, 6.07) is 45.5. The van der Waals surface area contributed by atoms with Gasteiger partial charge in [-0.2, -0.15) is 5.26 Å². The Morgan fingerprint density at radius 3 is 1.54 bits per heavy atom. The summed E-state index contributed by atoms with van der Waals surface area (Å²) in [5, 5.41) is 9.60. The molecule has 0 bridgehead atoms. The fourth-order valence-electron chi connectivity index (χ4n) is 4.99. The molecule has 5 aromatic rings. The molecule has 5 aromatic carbocycles. The van der Waals surface area contributed by atoms with Gasteiger partial charge in [0.25, 0.3) is 0 Å². The van der Waals surface area contributed by atoms with E-state index in [1.54, 1.807) is 7.11 Å². The number of aryl methyl sites for hydroxylation is 1. The van der Waals surface area contributed by atoms with E-state index < -0.39 is 5.41 Å². The van der Waals surface area contributed by atoms with Crippen molar-refractivity contribution in [3.05, 3.63) is 161 Å². The molecular formula is C34H27NO2. The predicted molar refractivity (Wildman–Crippen MR) is 147 cm³/mol. The maximum Gasteiger partial charge on any atom is 0.145 e. The minimum atomic E-state index is -0.561. The van der Waals surface area contributed by atoms with Crippen LogP contribution in [0.3, 0.4) is 0 Å². The summed E-state index contributed by atoms with van der Waals surface area (Å²) in [6.07, 6.45) is 0. The van der Waals surface area contributed by atoms with E-state index in [2.05, 4.69) is 78.9 Å². The Kier molecular flexibility index (Phi) is 6.74. The quantitative estimate of drug-likeness (QED) is 0.221. The van der Waals surface area contributed by atoms with E-state index in [9.17, 15) is 5.26 Å². The summed E-state index contributed by atoms with van der Waals surface area (Å²) in [7, 11) is 1.68. The highest BCUT2D eigenvalue weighted by Gasteiger charge is 2.38. The number of hydrogen-bond acceptors (Lipinski definition) is 3. The van der Waals surface area contributed by atoms with Crippen LogP contribution in [0.4, 0.5) is 0 Å². The van der Waals surface area contributed by atoms with Gasteiger partial charge in [-0.1, -0.05) is 97.1 Å². The number of nitrogens with zero attached hydrogens (tertiary/aromatic N) is 1. The van der Waals surface area contributed by atoms with Crippen molar-refractivity contribution in [1.82, 2.24) is 0 Å². The van der Waals surface area contributed by atoms with Crippen LogP contribution in [-0.2, 0) is 5.41 Å². The third-order valence-electron chi connectivity index (χ3n) is 6.80. The molecule has 180 valence electrons. The highest BCUT2D eigenvalue weighted by atomic mass is 16.5. The molecule has 0 fully saturated rings. The summed E-state index contributed by atoms with van der Waals surface area (Å²) in [4.78, 5) is 0. The smallest absolute Gasteiger partial charge is 0.145 e. The molecule has 0 N–H and O–H groups in total. The molecular weight excluding hydrogens is 454 g/mol. The van der Waals surface area contributed by atoms with Gasteiger partial charge in [0.1, 0.15) is 23.3 Å². The molecule has 0 aliphatic heterocycles. The Labute approximate surface area is 218 Å². The van der Waals surface area contributed by atoms with Crippen LogP contribution in [-0.4, -0.2) is 7.11 Å². The van der Waals surface area contributed by atoms with E-state index in [-0.39, 0.29) is 0 Å². The largest absolute Gasteiger partial charge is 0.497 e. The van der Waals surface area contributed by atoms with Crippen molar-refractivity contribution in [3.63, 3.8) is 0 Å². The summed E-state index contributed by atoms with van der Waals surface area (Å²) in [5.41, 5.74) is 5.43. The second-order valence-electron chi connectivity index (χ2n) is 8.90. The maximum atomic E-state index is 9.60. The van der Waals surface area contributed by atoms with Gasteiger partial charge in [-0.15, -0.1) is 0 Å². The highest BCUT2D eigenvalue weighted by Crippen LogP contribution is 2.46. The first-order chi connectivity index (χ1) is 18.2. The first kappa shape index (κ1) is 23.9. The average Bonchev–Trinajstić information content (AvgIpc) is 2.96. The third kappa shape index (κ3) is 4.46. The number of benzene rings is 5. The van der Waals surface area contributed by atoms with E-state index in [0.717, 1.165) is 33.6 Å². The number of methoxy groups -OCH3 is 1. The van der Waals surface area contributed by atoms with Crippen molar-refractivity contribution in [2.45, 2.75) is 12.3 Å². The van der Waals surface area contributed by atoms with E-state index in [1.807, 2.05) is 61.5 Å². The second-order valence-corrected chi connectivity index (χ2v) is 8.90. The molecule has 0 saturated heterocycles. The number of rotatable bonds is 7. The maximum absolute atomic E-state index is 9.60. The molecule has 0 aliphatic carbocycles. The first-order valence-electron chi connectivity index (χ1n) is 12.2. The van der Waals surface area contributed by atoms with Gasteiger partial charge in [-0.05, 0) is 65.1 Å². The topological polar surface area (TPSA) is 42.2 Å². The van der Waals surface area contributed by atoms with Crippen molar-refractivity contribution in [3.8, 4) is 23.3 Å². The van der Waals surface area contributed by atoms with Crippen molar-refractivity contribution in [2.24, 2.45) is 0 Å². The molecule has 37 heavy (non-hydrogen) atoms. The Morgan fingerprint density at radius 2 is 1.05 bits per heavy atom. The van der Waals surface area contributed by atoms with Crippen LogP contribution < -0.4 is 9.47 Å². The molecule has 3 heteroatoms. The van der Waals surface area contributed by atoms with Crippen LogP contribution in [0.15, 0.2) is 127 Å². The van der Waals surface area contributed by atoms with Crippen molar-refractivity contribution < 1.29 is 9.47 Å². The number of hydrogen-bond donors (Lipinski definition) is 0. The predicted octanol–water partition coefficient (Wildman–Crippen LogP) is 8.05. The molecule has 0 saturated carbocycles. The molecule has 3 nitrogen and oxygen atoms in total. The zero-order valence-corrected chi connectivity index (χ0v) is 20.9. The van der Waals surface area contributed by atoms with Crippen LogP contribution in [0.5, 0.6) is 17.2 Å². The fraction of sp³-hybridized carbons (Fsp3) is 0.0882. The molecule has 0 atom stereocenters. The van der Waals surface area contributed by atoms with Crippen molar-refractivity contribution in [1.29, 1.82) is 5.26 Å². The Hall–Kier alpha value is -4.81. The van der Waals surface area contributed by atoms with Crippen LogP contribution >= 0.6 is 0 Å². The summed E-state index contributed by atoms with van der Waals surface area (Å²) in [5.74, 6) is 2.05. The SMILES string of the molecule is COc1ccc(C(c2ccccc2)(c2ccccc2)c2ccc(Oc3cccc(C)c3C#N)cc2)cc1. The van der Waals surface area contributed by atoms with E-state index in [4.69, 9.17) is 9.47 Å². The Morgan fingerprint density at radius 1 is 0.568 bits per heavy atom. The number of ether oxygens (including phenoxy) is 2. The molecule has 0 amide bonds. The monoisotopic (exact) mass is 481 g/mol. The van der Waals surface area contributed by atoms with Crippen molar-refractivity contribution in [2.75, 3.05) is 7.11 Å². The van der Waals surface area contributed by atoms with Gasteiger partial charge in [0.2, 0.25) is 0 Å². The lowest BCUT2D eigenvalue weighted by atomic mass is 9.65. The summed E-state index contributed by atoms with van der Waals surface area (Å²) < 4.78 is 11.6. The lowest BCUT2D eigenvalue weighted by Gasteiger charge is -2.37. The highest BCUT2D eigenvalue weighted by molar-refractivity contribution is 5.61. The molecule has 0 heterocycles. The molecule has 0 aliphatic rings.